The van der Waals surface area contributed by atoms with Crippen molar-refractivity contribution in [2.24, 2.45) is 5.10 Å². The van der Waals surface area contributed by atoms with E-state index in [0.29, 0.717) is 24.4 Å². The zero-order valence-electron chi connectivity index (χ0n) is 13.5. The van der Waals surface area contributed by atoms with E-state index in [-0.39, 0.29) is 24.3 Å². The van der Waals surface area contributed by atoms with E-state index >= 15 is 0 Å². The predicted octanol–water partition coefficient (Wildman–Crippen LogP) is 2.66. The lowest BCUT2D eigenvalue weighted by molar-refractivity contribution is -0.143. The van der Waals surface area contributed by atoms with Crippen molar-refractivity contribution in [3.05, 3.63) is 29.8 Å². The zero-order valence-corrected chi connectivity index (χ0v) is 13.5. The number of nitrogens with zero attached hydrogens (tertiary/aromatic N) is 2. The molecule has 1 aromatic carbocycles. The summed E-state index contributed by atoms with van der Waals surface area (Å²) < 4.78 is 4.96. The molecule has 6 nitrogen and oxygen atoms in total. The molecule has 0 radical (unpaired) electrons. The number of anilines is 1. The normalized spacial score (nSPS) is 13.8. The van der Waals surface area contributed by atoms with E-state index in [4.69, 9.17) is 4.74 Å². The summed E-state index contributed by atoms with van der Waals surface area (Å²) in [6.45, 7) is 5.90. The average Bonchev–Trinajstić information content (AvgIpc) is 2.50. The number of hydrogen-bond donors (Lipinski definition) is 1. The maximum absolute atomic E-state index is 12.9. The van der Waals surface area contributed by atoms with Crippen LogP contribution in [0.5, 0.6) is 0 Å². The molecular weight excluding hydrogens is 294 g/mol. The number of para-hydroxylation sites is 1. The molecule has 1 aliphatic rings. The van der Waals surface area contributed by atoms with Crippen LogP contribution in [0.3, 0.4) is 0 Å². The van der Waals surface area contributed by atoms with Crippen LogP contribution in [-0.2, 0) is 9.53 Å². The highest BCUT2D eigenvalue weighted by atomic mass is 16.5. The maximum atomic E-state index is 12.9. The smallest absolute Gasteiger partial charge is 0.307 e. The Balaban J connectivity index is 2.13. The van der Waals surface area contributed by atoms with Gasteiger partial charge in [0.1, 0.15) is 0 Å². The Morgan fingerprint density at radius 3 is 2.74 bits per heavy atom. The minimum Gasteiger partial charge on any atom is -0.466 e. The van der Waals surface area contributed by atoms with Gasteiger partial charge in [-0.25, -0.2) is 0 Å². The number of hydrazone groups is 1. The van der Waals surface area contributed by atoms with Gasteiger partial charge in [-0.2, -0.15) is 5.10 Å². The third kappa shape index (κ3) is 4.31. The first-order valence-electron chi connectivity index (χ1n) is 7.94. The van der Waals surface area contributed by atoms with Gasteiger partial charge >= 0.3 is 5.97 Å². The lowest BCUT2D eigenvalue weighted by Crippen LogP contribution is -2.45. The summed E-state index contributed by atoms with van der Waals surface area (Å²) in [7, 11) is 0. The molecule has 23 heavy (non-hydrogen) atoms. The largest absolute Gasteiger partial charge is 0.466 e. The number of nitrogens with one attached hydrogen (secondary N) is 1. The van der Waals surface area contributed by atoms with Crippen LogP contribution in [0.1, 0.15) is 43.0 Å². The van der Waals surface area contributed by atoms with Gasteiger partial charge in [0.25, 0.3) is 5.91 Å². The molecule has 1 N–H and O–H groups in total. The fourth-order valence-corrected chi connectivity index (χ4v) is 2.60. The van der Waals surface area contributed by atoms with Crippen molar-refractivity contribution in [1.82, 2.24) is 4.90 Å². The summed E-state index contributed by atoms with van der Waals surface area (Å²) in [5.74, 6) is -0.366. The summed E-state index contributed by atoms with van der Waals surface area (Å²) >= 11 is 0. The molecule has 1 aromatic rings. The minimum atomic E-state index is -0.274. The molecule has 2 rings (SSSR count). The average molecular weight is 317 g/mol. The summed E-state index contributed by atoms with van der Waals surface area (Å²) in [6, 6.07) is 7.38. The van der Waals surface area contributed by atoms with E-state index < -0.39 is 0 Å². The van der Waals surface area contributed by atoms with Gasteiger partial charge < -0.3 is 9.64 Å². The van der Waals surface area contributed by atoms with Crippen molar-refractivity contribution in [3.8, 4) is 0 Å². The highest BCUT2D eigenvalue weighted by Crippen LogP contribution is 2.28. The molecule has 6 heteroatoms. The SMILES string of the molecule is C=NNc1ccccc1C(=O)N(CCC(=O)OCC)C1CCC1. The Kier molecular flexibility index (Phi) is 6.14. The van der Waals surface area contributed by atoms with Gasteiger partial charge in [-0.05, 0) is 38.3 Å². The topological polar surface area (TPSA) is 71.0 Å². The number of esters is 1. The Bertz CT molecular complexity index is 570. The second kappa shape index (κ2) is 8.31. The molecule has 0 aliphatic heterocycles. The van der Waals surface area contributed by atoms with Crippen molar-refractivity contribution < 1.29 is 14.3 Å². The molecule has 0 unspecified atom stereocenters. The number of amides is 1. The van der Waals surface area contributed by atoms with E-state index in [0.717, 1.165) is 19.3 Å². The Hall–Kier alpha value is -2.37. The van der Waals surface area contributed by atoms with Crippen LogP contribution < -0.4 is 5.43 Å². The summed E-state index contributed by atoms with van der Waals surface area (Å²) in [5.41, 5.74) is 3.90. The van der Waals surface area contributed by atoms with E-state index in [1.807, 2.05) is 12.1 Å². The highest BCUT2D eigenvalue weighted by Gasteiger charge is 2.30. The quantitative estimate of drug-likeness (QED) is 0.454. The van der Waals surface area contributed by atoms with E-state index in [9.17, 15) is 9.59 Å². The molecule has 1 fully saturated rings. The molecule has 0 spiro atoms. The number of carbonyl (C=O) groups is 2. The van der Waals surface area contributed by atoms with Crippen LogP contribution in [0.25, 0.3) is 0 Å². The Morgan fingerprint density at radius 1 is 1.39 bits per heavy atom. The van der Waals surface area contributed by atoms with Crippen molar-refractivity contribution in [2.75, 3.05) is 18.6 Å². The number of benzene rings is 1. The first-order chi connectivity index (χ1) is 11.2. The van der Waals surface area contributed by atoms with Gasteiger partial charge in [0, 0.05) is 19.3 Å². The van der Waals surface area contributed by atoms with Crippen LogP contribution in [0, 0.1) is 0 Å². The van der Waals surface area contributed by atoms with Gasteiger partial charge in [0.05, 0.1) is 24.3 Å². The van der Waals surface area contributed by atoms with Crippen LogP contribution in [0.2, 0.25) is 0 Å². The van der Waals surface area contributed by atoms with Gasteiger partial charge in [0.15, 0.2) is 0 Å². The van der Waals surface area contributed by atoms with Crippen molar-refractivity contribution in [3.63, 3.8) is 0 Å². The first-order valence-corrected chi connectivity index (χ1v) is 7.94. The zero-order chi connectivity index (χ0) is 16.7. The number of carbonyl (C=O) groups excluding carboxylic acids is 2. The van der Waals surface area contributed by atoms with Crippen LogP contribution in [-0.4, -0.2) is 42.7 Å². The second-order valence-electron chi connectivity index (χ2n) is 5.45. The highest BCUT2D eigenvalue weighted by molar-refractivity contribution is 6.00. The van der Waals surface area contributed by atoms with E-state index in [1.165, 1.54) is 0 Å². The summed E-state index contributed by atoms with van der Waals surface area (Å²) in [6.07, 6.45) is 3.28. The van der Waals surface area contributed by atoms with Gasteiger partial charge in [-0.3, -0.25) is 15.0 Å². The predicted molar refractivity (Wildman–Crippen MR) is 89.5 cm³/mol. The molecule has 0 atom stereocenters. The van der Waals surface area contributed by atoms with Gasteiger partial charge in [0.2, 0.25) is 0 Å². The molecule has 124 valence electrons. The summed E-state index contributed by atoms with van der Waals surface area (Å²) in [5, 5.41) is 3.64. The summed E-state index contributed by atoms with van der Waals surface area (Å²) in [4.78, 5) is 26.3. The van der Waals surface area contributed by atoms with Gasteiger partial charge in [-0.15, -0.1) is 0 Å². The number of ether oxygens (including phenoxy) is 1. The molecule has 1 amide bonds. The lowest BCUT2D eigenvalue weighted by atomic mass is 9.90. The third-order valence-electron chi connectivity index (χ3n) is 4.00. The van der Waals surface area contributed by atoms with E-state index in [1.54, 1.807) is 24.0 Å². The van der Waals surface area contributed by atoms with E-state index in [2.05, 4.69) is 17.2 Å². The second-order valence-corrected chi connectivity index (χ2v) is 5.45. The lowest BCUT2D eigenvalue weighted by Gasteiger charge is -2.37. The monoisotopic (exact) mass is 317 g/mol. The van der Waals surface area contributed by atoms with Crippen LogP contribution in [0.4, 0.5) is 5.69 Å². The number of hydrogen-bond acceptors (Lipinski definition) is 5. The van der Waals surface area contributed by atoms with Crippen LogP contribution in [0.15, 0.2) is 29.4 Å². The van der Waals surface area contributed by atoms with Crippen molar-refractivity contribution in [1.29, 1.82) is 0 Å². The molecule has 1 aliphatic carbocycles. The molecule has 0 heterocycles. The number of rotatable bonds is 8. The van der Waals surface area contributed by atoms with Crippen molar-refractivity contribution >= 4 is 24.3 Å². The molecule has 0 aromatic heterocycles. The first kappa shape index (κ1) is 17.0. The molecule has 0 saturated heterocycles. The van der Waals surface area contributed by atoms with Crippen molar-refractivity contribution in [2.45, 2.75) is 38.6 Å². The maximum Gasteiger partial charge on any atom is 0.307 e. The Morgan fingerprint density at radius 2 is 2.13 bits per heavy atom. The minimum absolute atomic E-state index is 0.0919. The molecule has 1 saturated carbocycles. The molecule has 0 bridgehead atoms. The standard InChI is InChI=1S/C17H23N3O3/c1-3-23-16(21)11-12-20(13-7-6-8-13)17(22)14-9-4-5-10-15(14)19-18-2/h4-5,9-10,13,19H,2-3,6-8,11-12H2,1H3. The fourth-order valence-electron chi connectivity index (χ4n) is 2.60. The third-order valence-corrected chi connectivity index (χ3v) is 4.00. The fraction of sp³-hybridized carbons (Fsp3) is 0.471. The Labute approximate surface area is 136 Å². The van der Waals surface area contributed by atoms with Gasteiger partial charge in [-0.1, -0.05) is 12.1 Å². The van der Waals surface area contributed by atoms with Crippen LogP contribution >= 0.6 is 0 Å². The molecular formula is C17H23N3O3.